The summed E-state index contributed by atoms with van der Waals surface area (Å²) in [6.07, 6.45) is 4.71. The van der Waals surface area contributed by atoms with Gasteiger partial charge >= 0.3 is 5.97 Å². The Morgan fingerprint density at radius 3 is 2.74 bits per heavy atom. The van der Waals surface area contributed by atoms with E-state index in [2.05, 4.69) is 20.1 Å². The number of carboxylic acid groups (broad SMARTS) is 1. The molecule has 0 saturated heterocycles. The summed E-state index contributed by atoms with van der Waals surface area (Å²) in [5.74, 6) is 0.239. The van der Waals surface area contributed by atoms with Gasteiger partial charge in [0, 0.05) is 29.3 Å². The number of carboxylic acids is 1. The zero-order valence-corrected chi connectivity index (χ0v) is 13.3. The van der Waals surface area contributed by atoms with Crippen molar-refractivity contribution in [2.24, 2.45) is 0 Å². The number of rotatable bonds is 6. The first kappa shape index (κ1) is 15.3. The number of pyridine rings is 1. The van der Waals surface area contributed by atoms with E-state index in [0.29, 0.717) is 18.1 Å². The fourth-order valence-electron chi connectivity index (χ4n) is 2.23. The third kappa shape index (κ3) is 3.59. The van der Waals surface area contributed by atoms with Crippen molar-refractivity contribution in [2.45, 2.75) is 26.3 Å². The largest absolute Gasteiger partial charge is 0.480 e. The topological polar surface area (TPSA) is 93.8 Å². The van der Waals surface area contributed by atoms with Gasteiger partial charge in [0.15, 0.2) is 5.82 Å². The number of aromatic nitrogens is 5. The van der Waals surface area contributed by atoms with Crippen LogP contribution in [0.25, 0.3) is 11.4 Å². The maximum atomic E-state index is 11.0. The molecule has 23 heavy (non-hydrogen) atoms. The molecule has 0 aliphatic rings. The van der Waals surface area contributed by atoms with Gasteiger partial charge in [-0.05, 0) is 25.5 Å². The van der Waals surface area contributed by atoms with Crippen LogP contribution in [0.3, 0.4) is 0 Å². The van der Waals surface area contributed by atoms with Gasteiger partial charge in [-0.3, -0.25) is 9.78 Å². The summed E-state index contributed by atoms with van der Waals surface area (Å²) in [6, 6.07) is 3.61. The van der Waals surface area contributed by atoms with Crippen molar-refractivity contribution in [2.75, 3.05) is 0 Å². The number of nitrogens with zero attached hydrogens (tertiary/aromatic N) is 5. The average Bonchev–Trinajstić information content (AvgIpc) is 3.12. The van der Waals surface area contributed by atoms with Crippen molar-refractivity contribution in [3.8, 4) is 11.4 Å². The third-order valence-corrected chi connectivity index (χ3v) is 4.39. The quantitative estimate of drug-likeness (QED) is 0.743. The van der Waals surface area contributed by atoms with Crippen molar-refractivity contribution in [1.29, 1.82) is 0 Å². The van der Waals surface area contributed by atoms with E-state index in [1.165, 1.54) is 9.56 Å². The zero-order valence-electron chi connectivity index (χ0n) is 12.5. The van der Waals surface area contributed by atoms with E-state index in [1.807, 2.05) is 12.4 Å². The minimum atomic E-state index is -0.939. The van der Waals surface area contributed by atoms with Crippen LogP contribution in [-0.4, -0.2) is 35.8 Å². The van der Waals surface area contributed by atoms with Gasteiger partial charge in [-0.2, -0.15) is 5.10 Å². The normalized spacial score (nSPS) is 10.8. The second-order valence-corrected chi connectivity index (χ2v) is 5.94. The highest BCUT2D eigenvalue weighted by atomic mass is 32.1. The molecule has 3 rings (SSSR count). The smallest absolute Gasteiger partial charge is 0.325 e. The molecule has 0 spiro atoms. The Kier molecular flexibility index (Phi) is 4.42. The Bertz CT molecular complexity index is 812. The molecule has 118 valence electrons. The molecule has 0 aliphatic heterocycles. The van der Waals surface area contributed by atoms with E-state index in [4.69, 9.17) is 5.11 Å². The van der Waals surface area contributed by atoms with Gasteiger partial charge in [0.25, 0.3) is 0 Å². The third-order valence-electron chi connectivity index (χ3n) is 3.39. The van der Waals surface area contributed by atoms with E-state index in [-0.39, 0.29) is 6.54 Å². The molecule has 7 nitrogen and oxygen atoms in total. The molecular formula is C15H15N5O2S. The minimum absolute atomic E-state index is 0.199. The van der Waals surface area contributed by atoms with E-state index >= 15 is 0 Å². The molecule has 3 aromatic heterocycles. The van der Waals surface area contributed by atoms with Crippen LogP contribution in [0.4, 0.5) is 0 Å². The van der Waals surface area contributed by atoms with Gasteiger partial charge in [-0.25, -0.2) is 14.6 Å². The monoisotopic (exact) mass is 329 g/mol. The standard InChI is InChI=1S/C15H15N5O2S/c1-10-12(23-9-17-10)2-3-13-18-15(11-4-6-16-7-5-11)19-20(13)8-14(21)22/h4-7,9H,2-3,8H2,1H3,(H,21,22). The number of hydrogen-bond donors (Lipinski definition) is 1. The second-order valence-electron chi connectivity index (χ2n) is 5.00. The lowest BCUT2D eigenvalue weighted by Crippen LogP contribution is -2.14. The highest BCUT2D eigenvalue weighted by molar-refractivity contribution is 7.09. The highest BCUT2D eigenvalue weighted by Gasteiger charge is 2.14. The fourth-order valence-corrected chi connectivity index (χ4v) is 3.01. The van der Waals surface area contributed by atoms with Crippen molar-refractivity contribution >= 4 is 17.3 Å². The van der Waals surface area contributed by atoms with Crippen LogP contribution in [0.5, 0.6) is 0 Å². The predicted molar refractivity (Wildman–Crippen MR) is 85.1 cm³/mol. The zero-order chi connectivity index (χ0) is 16.2. The Morgan fingerprint density at radius 1 is 1.30 bits per heavy atom. The molecule has 0 atom stereocenters. The second kappa shape index (κ2) is 6.66. The minimum Gasteiger partial charge on any atom is -0.480 e. The van der Waals surface area contributed by atoms with Gasteiger partial charge in [0.2, 0.25) is 0 Å². The summed E-state index contributed by atoms with van der Waals surface area (Å²) in [5, 5.41) is 13.4. The summed E-state index contributed by atoms with van der Waals surface area (Å²) < 4.78 is 1.45. The van der Waals surface area contributed by atoms with E-state index in [1.54, 1.807) is 35.9 Å². The molecular weight excluding hydrogens is 314 g/mol. The van der Waals surface area contributed by atoms with E-state index < -0.39 is 5.97 Å². The van der Waals surface area contributed by atoms with Gasteiger partial charge in [-0.15, -0.1) is 11.3 Å². The molecule has 0 fully saturated rings. The van der Waals surface area contributed by atoms with Gasteiger partial charge in [0.05, 0.1) is 11.2 Å². The Labute approximate surface area is 136 Å². The van der Waals surface area contributed by atoms with Crippen LogP contribution in [0.1, 0.15) is 16.4 Å². The molecule has 0 aromatic carbocycles. The summed E-state index contributed by atoms with van der Waals surface area (Å²) >= 11 is 1.60. The van der Waals surface area contributed by atoms with Crippen LogP contribution in [-0.2, 0) is 24.2 Å². The van der Waals surface area contributed by atoms with Crippen LogP contribution in [0.2, 0.25) is 0 Å². The maximum absolute atomic E-state index is 11.0. The number of aliphatic carboxylic acids is 1. The molecule has 8 heteroatoms. The van der Waals surface area contributed by atoms with Crippen molar-refractivity contribution in [3.63, 3.8) is 0 Å². The van der Waals surface area contributed by atoms with Crippen LogP contribution >= 0.6 is 11.3 Å². The lowest BCUT2D eigenvalue weighted by atomic mass is 10.2. The Balaban J connectivity index is 1.86. The van der Waals surface area contributed by atoms with Gasteiger partial charge in [-0.1, -0.05) is 0 Å². The molecule has 0 bridgehead atoms. The average molecular weight is 329 g/mol. The number of hydrogen-bond acceptors (Lipinski definition) is 6. The molecule has 0 radical (unpaired) electrons. The lowest BCUT2D eigenvalue weighted by Gasteiger charge is -2.02. The number of thiazole rings is 1. The molecule has 0 amide bonds. The van der Waals surface area contributed by atoms with E-state index in [0.717, 1.165) is 17.7 Å². The molecule has 3 aromatic rings. The number of aryl methyl sites for hydroxylation is 3. The van der Waals surface area contributed by atoms with Gasteiger partial charge < -0.3 is 5.11 Å². The van der Waals surface area contributed by atoms with Crippen molar-refractivity contribution in [3.05, 3.63) is 46.4 Å². The molecule has 1 N–H and O–H groups in total. The highest BCUT2D eigenvalue weighted by Crippen LogP contribution is 2.18. The van der Waals surface area contributed by atoms with Crippen molar-refractivity contribution in [1.82, 2.24) is 24.7 Å². The van der Waals surface area contributed by atoms with Crippen molar-refractivity contribution < 1.29 is 9.90 Å². The SMILES string of the molecule is Cc1ncsc1CCc1nc(-c2ccncc2)nn1CC(=O)O. The van der Waals surface area contributed by atoms with Crippen LogP contribution in [0, 0.1) is 6.92 Å². The molecule has 0 unspecified atom stereocenters. The predicted octanol–water partition coefficient (Wildman–Crippen LogP) is 1.97. The Morgan fingerprint density at radius 2 is 2.09 bits per heavy atom. The molecule has 0 aliphatic carbocycles. The lowest BCUT2D eigenvalue weighted by molar-refractivity contribution is -0.137. The first-order chi connectivity index (χ1) is 11.1. The number of carbonyl (C=O) groups is 1. The van der Waals surface area contributed by atoms with Gasteiger partial charge in [0.1, 0.15) is 12.4 Å². The Hall–Kier alpha value is -2.61. The van der Waals surface area contributed by atoms with Crippen LogP contribution < -0.4 is 0 Å². The summed E-state index contributed by atoms with van der Waals surface area (Å²) in [5.41, 5.74) is 3.64. The fraction of sp³-hybridized carbons (Fsp3) is 0.267. The van der Waals surface area contributed by atoms with Crippen LogP contribution in [0.15, 0.2) is 30.0 Å². The first-order valence-electron chi connectivity index (χ1n) is 7.08. The summed E-state index contributed by atoms with van der Waals surface area (Å²) in [4.78, 5) is 24.9. The van der Waals surface area contributed by atoms with E-state index in [9.17, 15) is 4.79 Å². The summed E-state index contributed by atoms with van der Waals surface area (Å²) in [6.45, 7) is 1.77. The first-order valence-corrected chi connectivity index (χ1v) is 7.96. The molecule has 3 heterocycles. The summed E-state index contributed by atoms with van der Waals surface area (Å²) in [7, 11) is 0. The maximum Gasteiger partial charge on any atom is 0.325 e. The molecule has 0 saturated carbocycles.